The van der Waals surface area contributed by atoms with Crippen molar-refractivity contribution in [2.24, 2.45) is 0 Å². The molecule has 17 heavy (non-hydrogen) atoms. The van der Waals surface area contributed by atoms with Gasteiger partial charge in [0, 0.05) is 29.0 Å². The number of rotatable bonds is 3. The summed E-state index contributed by atoms with van der Waals surface area (Å²) in [6.45, 7) is 0. The van der Waals surface area contributed by atoms with Gasteiger partial charge < -0.3 is 14.8 Å². The lowest BCUT2D eigenvalue weighted by Crippen LogP contribution is -2.30. The Bertz CT molecular complexity index is 517. The number of aromatic nitrogens is 1. The van der Waals surface area contributed by atoms with Crippen molar-refractivity contribution in [1.82, 2.24) is 4.98 Å². The van der Waals surface area contributed by atoms with Crippen molar-refractivity contribution >= 4 is 12.6 Å². The Morgan fingerprint density at radius 2 is 1.94 bits per heavy atom. The monoisotopic (exact) mass is 229 g/mol. The van der Waals surface area contributed by atoms with Crippen LogP contribution in [0.4, 0.5) is 0 Å². The lowest BCUT2D eigenvalue weighted by atomic mass is 9.80. The third-order valence-electron chi connectivity index (χ3n) is 2.48. The van der Waals surface area contributed by atoms with Gasteiger partial charge in [0.05, 0.1) is 7.11 Å². The first-order valence-electron chi connectivity index (χ1n) is 5.17. The third kappa shape index (κ3) is 2.46. The molecule has 0 bridgehead atoms. The Hall–Kier alpha value is -1.85. The maximum Gasteiger partial charge on any atom is 0.490 e. The van der Waals surface area contributed by atoms with E-state index in [9.17, 15) is 0 Å². The van der Waals surface area contributed by atoms with Crippen molar-refractivity contribution < 1.29 is 14.8 Å². The van der Waals surface area contributed by atoms with Crippen LogP contribution in [0.15, 0.2) is 42.7 Å². The molecule has 0 saturated heterocycles. The largest absolute Gasteiger partial charge is 0.496 e. The normalized spacial score (nSPS) is 10.1. The minimum absolute atomic E-state index is 0.355. The molecule has 2 aromatic rings. The molecule has 0 unspecified atom stereocenters. The van der Waals surface area contributed by atoms with E-state index in [4.69, 9.17) is 14.8 Å². The van der Waals surface area contributed by atoms with Gasteiger partial charge in [-0.2, -0.15) is 0 Å². The van der Waals surface area contributed by atoms with E-state index in [0.717, 1.165) is 16.9 Å². The fourth-order valence-corrected chi connectivity index (χ4v) is 1.63. The second kappa shape index (κ2) is 4.99. The van der Waals surface area contributed by atoms with E-state index in [2.05, 4.69) is 4.98 Å². The molecule has 1 aromatic carbocycles. The summed E-state index contributed by atoms with van der Waals surface area (Å²) in [5, 5.41) is 18.2. The maximum absolute atomic E-state index is 9.11. The highest BCUT2D eigenvalue weighted by atomic mass is 16.5. The number of benzene rings is 1. The summed E-state index contributed by atoms with van der Waals surface area (Å²) in [5.74, 6) is 0.721. The first kappa shape index (κ1) is 11.6. The molecule has 2 N–H and O–H groups in total. The van der Waals surface area contributed by atoms with Crippen LogP contribution in [0.1, 0.15) is 0 Å². The molecule has 0 aliphatic carbocycles. The average Bonchev–Trinajstić information content (AvgIpc) is 2.39. The zero-order valence-corrected chi connectivity index (χ0v) is 9.37. The molecule has 0 aliphatic rings. The second-order valence-corrected chi connectivity index (χ2v) is 3.58. The van der Waals surface area contributed by atoms with Crippen LogP contribution >= 0.6 is 0 Å². The minimum Gasteiger partial charge on any atom is -0.496 e. The molecule has 2 rings (SSSR count). The molecule has 86 valence electrons. The number of pyridine rings is 1. The molecule has 0 spiro atoms. The standard InChI is InChI=1S/C12H12BNO3/c1-17-12-5-3-2-4-11(12)9-6-10(13(15)16)8-14-7-9/h2-8,15-16H,1H3. The Morgan fingerprint density at radius 1 is 1.18 bits per heavy atom. The molecule has 0 saturated carbocycles. The van der Waals surface area contributed by atoms with Crippen LogP contribution in [0.2, 0.25) is 0 Å². The van der Waals surface area contributed by atoms with Crippen molar-refractivity contribution in [1.29, 1.82) is 0 Å². The molecule has 0 fully saturated rings. The van der Waals surface area contributed by atoms with Gasteiger partial charge in [-0.15, -0.1) is 0 Å². The van der Waals surface area contributed by atoms with Crippen LogP contribution in [-0.4, -0.2) is 29.3 Å². The van der Waals surface area contributed by atoms with Crippen LogP contribution in [0.5, 0.6) is 5.75 Å². The summed E-state index contributed by atoms with van der Waals surface area (Å²) in [6.07, 6.45) is 3.08. The highest BCUT2D eigenvalue weighted by Crippen LogP contribution is 2.28. The van der Waals surface area contributed by atoms with Gasteiger partial charge in [0.25, 0.3) is 0 Å². The predicted octanol–water partition coefficient (Wildman–Crippen LogP) is 0.437. The van der Waals surface area contributed by atoms with Crippen molar-refractivity contribution in [3.05, 3.63) is 42.7 Å². The molecule has 5 heteroatoms. The number of hydrogen-bond acceptors (Lipinski definition) is 4. The maximum atomic E-state index is 9.11. The van der Waals surface area contributed by atoms with E-state index >= 15 is 0 Å². The topological polar surface area (TPSA) is 62.6 Å². The molecular formula is C12H12BNO3. The van der Waals surface area contributed by atoms with Crippen LogP contribution < -0.4 is 10.2 Å². The van der Waals surface area contributed by atoms with Gasteiger partial charge in [0.2, 0.25) is 0 Å². The lowest BCUT2D eigenvalue weighted by Gasteiger charge is -2.08. The molecular weight excluding hydrogens is 217 g/mol. The van der Waals surface area contributed by atoms with Gasteiger partial charge in [-0.1, -0.05) is 24.3 Å². The van der Waals surface area contributed by atoms with E-state index in [1.165, 1.54) is 6.20 Å². The van der Waals surface area contributed by atoms with Gasteiger partial charge in [-0.25, -0.2) is 0 Å². The fourth-order valence-electron chi connectivity index (χ4n) is 1.63. The highest BCUT2D eigenvalue weighted by Gasteiger charge is 2.13. The summed E-state index contributed by atoms with van der Waals surface area (Å²) in [7, 11) is 0.0777. The molecule has 0 amide bonds. The molecule has 0 atom stereocenters. The molecule has 4 nitrogen and oxygen atoms in total. The average molecular weight is 229 g/mol. The molecule has 1 aromatic heterocycles. The minimum atomic E-state index is -1.52. The third-order valence-corrected chi connectivity index (χ3v) is 2.48. The van der Waals surface area contributed by atoms with Gasteiger partial charge in [0.1, 0.15) is 5.75 Å². The number of para-hydroxylation sites is 1. The number of hydrogen-bond donors (Lipinski definition) is 2. The lowest BCUT2D eigenvalue weighted by molar-refractivity contribution is 0.416. The zero-order chi connectivity index (χ0) is 12.3. The quantitative estimate of drug-likeness (QED) is 0.749. The van der Waals surface area contributed by atoms with E-state index in [1.54, 1.807) is 19.4 Å². The Labute approximate surface area is 99.7 Å². The smallest absolute Gasteiger partial charge is 0.490 e. The van der Waals surface area contributed by atoms with Crippen molar-refractivity contribution in [3.8, 4) is 16.9 Å². The van der Waals surface area contributed by atoms with Gasteiger partial charge in [-0.3, -0.25) is 4.98 Å². The summed E-state index contributed by atoms with van der Waals surface area (Å²) in [4.78, 5) is 3.98. The van der Waals surface area contributed by atoms with E-state index in [0.29, 0.717) is 5.46 Å². The van der Waals surface area contributed by atoms with Crippen LogP contribution in [0, 0.1) is 0 Å². The number of nitrogens with zero attached hydrogens (tertiary/aromatic N) is 1. The molecule has 0 radical (unpaired) electrons. The Kier molecular flexibility index (Phi) is 3.42. The Morgan fingerprint density at radius 3 is 2.65 bits per heavy atom. The molecule has 1 heterocycles. The molecule has 0 aliphatic heterocycles. The van der Waals surface area contributed by atoms with Gasteiger partial charge in [0.15, 0.2) is 0 Å². The second-order valence-electron chi connectivity index (χ2n) is 3.58. The number of methoxy groups -OCH3 is 1. The SMILES string of the molecule is COc1ccccc1-c1cncc(B(O)O)c1. The van der Waals surface area contributed by atoms with Crippen LogP contribution in [-0.2, 0) is 0 Å². The van der Waals surface area contributed by atoms with Gasteiger partial charge >= 0.3 is 7.12 Å². The van der Waals surface area contributed by atoms with Crippen molar-refractivity contribution in [3.63, 3.8) is 0 Å². The van der Waals surface area contributed by atoms with E-state index < -0.39 is 7.12 Å². The summed E-state index contributed by atoms with van der Waals surface area (Å²) < 4.78 is 5.25. The fraction of sp³-hybridized carbons (Fsp3) is 0.0833. The van der Waals surface area contributed by atoms with Crippen molar-refractivity contribution in [2.45, 2.75) is 0 Å². The summed E-state index contributed by atoms with van der Waals surface area (Å²) >= 11 is 0. The number of ether oxygens (including phenoxy) is 1. The van der Waals surface area contributed by atoms with E-state index in [-0.39, 0.29) is 0 Å². The summed E-state index contributed by atoms with van der Waals surface area (Å²) in [5.41, 5.74) is 2.01. The summed E-state index contributed by atoms with van der Waals surface area (Å²) in [6, 6.07) is 9.18. The highest BCUT2D eigenvalue weighted by molar-refractivity contribution is 6.58. The Balaban J connectivity index is 2.49. The van der Waals surface area contributed by atoms with Crippen LogP contribution in [0.25, 0.3) is 11.1 Å². The van der Waals surface area contributed by atoms with Gasteiger partial charge in [-0.05, 0) is 6.07 Å². The predicted molar refractivity (Wildman–Crippen MR) is 66.1 cm³/mol. The van der Waals surface area contributed by atoms with E-state index in [1.807, 2.05) is 24.3 Å². The first-order chi connectivity index (χ1) is 8.22. The zero-order valence-electron chi connectivity index (χ0n) is 9.37. The van der Waals surface area contributed by atoms with Crippen LogP contribution in [0.3, 0.4) is 0 Å². The first-order valence-corrected chi connectivity index (χ1v) is 5.17. The van der Waals surface area contributed by atoms with Crippen molar-refractivity contribution in [2.75, 3.05) is 7.11 Å².